The van der Waals surface area contributed by atoms with E-state index in [0.717, 1.165) is 50.7 Å². The van der Waals surface area contributed by atoms with Crippen molar-refractivity contribution >= 4 is 35.8 Å². The highest BCUT2D eigenvalue weighted by Crippen LogP contribution is 2.22. The van der Waals surface area contributed by atoms with Gasteiger partial charge in [-0.3, -0.25) is 9.67 Å². The van der Waals surface area contributed by atoms with Crippen LogP contribution < -0.4 is 15.5 Å². The van der Waals surface area contributed by atoms with E-state index in [1.807, 2.05) is 13.2 Å². The number of nitrogens with zero attached hydrogens (tertiary/aromatic N) is 5. The highest BCUT2D eigenvalue weighted by atomic mass is 127. The number of fused-ring (bicyclic) bond motifs is 1. The first-order chi connectivity index (χ1) is 14.1. The second kappa shape index (κ2) is 10.5. The number of aryl methyl sites for hydroxylation is 1. The number of halogens is 1. The Hall–Kier alpha value is -1.84. The molecule has 2 aromatic heterocycles. The summed E-state index contributed by atoms with van der Waals surface area (Å²) < 4.78 is 2.08. The second-order valence-electron chi connectivity index (χ2n) is 8.40. The zero-order chi connectivity index (χ0) is 20.2. The van der Waals surface area contributed by atoms with Crippen LogP contribution in [0, 0.1) is 0 Å². The third-order valence-corrected chi connectivity index (χ3v) is 5.89. The fourth-order valence-corrected chi connectivity index (χ4v) is 4.16. The van der Waals surface area contributed by atoms with Crippen LogP contribution in [-0.2, 0) is 19.4 Å². The van der Waals surface area contributed by atoms with Crippen molar-refractivity contribution in [1.82, 2.24) is 25.4 Å². The van der Waals surface area contributed by atoms with Crippen LogP contribution in [0.1, 0.15) is 56.0 Å². The number of nitrogens with one attached hydrogen (secondary N) is 2. The zero-order valence-electron chi connectivity index (χ0n) is 18.3. The van der Waals surface area contributed by atoms with Gasteiger partial charge in [0.1, 0.15) is 5.82 Å². The Morgan fingerprint density at radius 1 is 1.30 bits per heavy atom. The van der Waals surface area contributed by atoms with E-state index in [1.54, 1.807) is 0 Å². The van der Waals surface area contributed by atoms with Crippen LogP contribution in [0.15, 0.2) is 29.5 Å². The average molecular weight is 523 g/mol. The molecule has 2 aromatic rings. The predicted molar refractivity (Wildman–Crippen MR) is 133 cm³/mol. The van der Waals surface area contributed by atoms with Gasteiger partial charge in [0, 0.05) is 57.6 Å². The van der Waals surface area contributed by atoms with Crippen LogP contribution in [0.5, 0.6) is 0 Å². The number of hydrogen-bond acceptors (Lipinski definition) is 4. The van der Waals surface area contributed by atoms with Gasteiger partial charge in [-0.25, -0.2) is 4.98 Å². The van der Waals surface area contributed by atoms with E-state index in [1.165, 1.54) is 29.7 Å². The van der Waals surface area contributed by atoms with Crippen LogP contribution in [-0.4, -0.2) is 46.9 Å². The minimum absolute atomic E-state index is 0. The molecule has 0 bridgehead atoms. The zero-order valence-corrected chi connectivity index (χ0v) is 20.6. The fourth-order valence-electron chi connectivity index (χ4n) is 4.16. The van der Waals surface area contributed by atoms with Gasteiger partial charge in [0.15, 0.2) is 5.96 Å². The predicted octanol–water partition coefficient (Wildman–Crippen LogP) is 3.30. The molecule has 0 amide bonds. The first kappa shape index (κ1) is 22.8. The molecule has 1 aliphatic heterocycles. The van der Waals surface area contributed by atoms with Gasteiger partial charge in [0.25, 0.3) is 0 Å². The number of hydrogen-bond donors (Lipinski definition) is 2. The number of aliphatic imine (C=N–C) groups is 1. The molecule has 164 valence electrons. The lowest BCUT2D eigenvalue weighted by atomic mass is 9.94. The van der Waals surface area contributed by atoms with Crippen LogP contribution >= 0.6 is 24.0 Å². The fraction of sp³-hybridized carbons (Fsp3) is 0.591. The molecule has 1 unspecified atom stereocenters. The van der Waals surface area contributed by atoms with Gasteiger partial charge in [-0.15, -0.1) is 24.0 Å². The van der Waals surface area contributed by atoms with E-state index in [2.05, 4.69) is 62.4 Å². The van der Waals surface area contributed by atoms with E-state index in [9.17, 15) is 0 Å². The molecular weight excluding hydrogens is 489 g/mol. The summed E-state index contributed by atoms with van der Waals surface area (Å²) >= 11 is 0. The smallest absolute Gasteiger partial charge is 0.191 e. The van der Waals surface area contributed by atoms with Crippen molar-refractivity contribution in [1.29, 1.82) is 0 Å². The summed E-state index contributed by atoms with van der Waals surface area (Å²) in [5.74, 6) is 1.94. The standard InChI is InChI=1S/C22H33N7.HI/c1-16(2)29-15-18-6-7-19(13-20(18)27-29)26-22(23-3)25-14-17-8-9-24-21(12-17)28-10-4-5-11-28;/h8-9,12,15-16,19H,4-7,10-11,13-14H2,1-3H3,(H2,23,25,26);1H. The molecular formula is C22H34IN7. The molecule has 30 heavy (non-hydrogen) atoms. The number of anilines is 1. The monoisotopic (exact) mass is 523 g/mol. The largest absolute Gasteiger partial charge is 0.357 e. The Morgan fingerprint density at radius 2 is 2.10 bits per heavy atom. The van der Waals surface area contributed by atoms with Gasteiger partial charge >= 0.3 is 0 Å². The lowest BCUT2D eigenvalue weighted by Crippen LogP contribution is -2.45. The van der Waals surface area contributed by atoms with Crippen molar-refractivity contribution in [3.63, 3.8) is 0 Å². The van der Waals surface area contributed by atoms with E-state index >= 15 is 0 Å². The molecule has 0 aromatic carbocycles. The summed E-state index contributed by atoms with van der Waals surface area (Å²) in [5.41, 5.74) is 3.85. The maximum atomic E-state index is 4.78. The lowest BCUT2D eigenvalue weighted by molar-refractivity contribution is 0.499. The molecule has 4 rings (SSSR count). The molecule has 1 aliphatic carbocycles. The molecule has 0 spiro atoms. The molecule has 3 heterocycles. The summed E-state index contributed by atoms with van der Waals surface area (Å²) in [5, 5.41) is 11.8. The van der Waals surface area contributed by atoms with Gasteiger partial charge in [-0.2, -0.15) is 5.10 Å². The van der Waals surface area contributed by atoms with Crippen LogP contribution in [0.2, 0.25) is 0 Å². The maximum absolute atomic E-state index is 4.78. The Balaban J connectivity index is 0.00000256. The van der Waals surface area contributed by atoms with Crippen LogP contribution in [0.4, 0.5) is 5.82 Å². The number of rotatable bonds is 5. The van der Waals surface area contributed by atoms with Gasteiger partial charge in [-0.05, 0) is 62.8 Å². The first-order valence-electron chi connectivity index (χ1n) is 10.9. The van der Waals surface area contributed by atoms with Crippen molar-refractivity contribution in [2.45, 2.75) is 64.6 Å². The molecule has 0 radical (unpaired) electrons. The Kier molecular flexibility index (Phi) is 7.96. The summed E-state index contributed by atoms with van der Waals surface area (Å²) in [6.07, 6.45) is 9.77. The number of guanidine groups is 1. The highest BCUT2D eigenvalue weighted by Gasteiger charge is 2.23. The summed E-state index contributed by atoms with van der Waals surface area (Å²) in [4.78, 5) is 11.3. The third kappa shape index (κ3) is 5.44. The highest BCUT2D eigenvalue weighted by molar-refractivity contribution is 14.0. The van der Waals surface area contributed by atoms with Crippen molar-refractivity contribution in [3.8, 4) is 0 Å². The van der Waals surface area contributed by atoms with E-state index in [4.69, 9.17) is 5.10 Å². The normalized spacial score (nSPS) is 18.9. The number of aromatic nitrogens is 3. The molecule has 8 heteroatoms. The molecule has 1 saturated heterocycles. The van der Waals surface area contributed by atoms with E-state index in [-0.39, 0.29) is 24.0 Å². The van der Waals surface area contributed by atoms with Crippen molar-refractivity contribution in [2.75, 3.05) is 25.0 Å². The second-order valence-corrected chi connectivity index (χ2v) is 8.40. The summed E-state index contributed by atoms with van der Waals surface area (Å²) in [6.45, 7) is 7.32. The quantitative estimate of drug-likeness (QED) is 0.358. The minimum atomic E-state index is 0. The Labute approximate surface area is 196 Å². The van der Waals surface area contributed by atoms with Gasteiger partial charge in [0.2, 0.25) is 0 Å². The lowest BCUT2D eigenvalue weighted by Gasteiger charge is -2.24. The summed E-state index contributed by atoms with van der Waals surface area (Å²) in [6, 6.07) is 5.04. The van der Waals surface area contributed by atoms with Gasteiger partial charge < -0.3 is 15.5 Å². The summed E-state index contributed by atoms with van der Waals surface area (Å²) in [7, 11) is 1.83. The average Bonchev–Trinajstić information content (AvgIpc) is 3.41. The third-order valence-electron chi connectivity index (χ3n) is 5.89. The SMILES string of the molecule is CN=C(NCc1ccnc(N2CCCC2)c1)NC1CCc2cn(C(C)C)nc2C1.I. The van der Waals surface area contributed by atoms with Crippen molar-refractivity contribution < 1.29 is 0 Å². The van der Waals surface area contributed by atoms with E-state index in [0.29, 0.717) is 12.1 Å². The van der Waals surface area contributed by atoms with Crippen LogP contribution in [0.25, 0.3) is 0 Å². The Morgan fingerprint density at radius 3 is 2.83 bits per heavy atom. The molecule has 0 saturated carbocycles. The van der Waals surface area contributed by atoms with Crippen molar-refractivity contribution in [2.24, 2.45) is 4.99 Å². The molecule has 2 aliphatic rings. The van der Waals surface area contributed by atoms with E-state index < -0.39 is 0 Å². The molecule has 7 nitrogen and oxygen atoms in total. The first-order valence-corrected chi connectivity index (χ1v) is 10.9. The maximum Gasteiger partial charge on any atom is 0.191 e. The van der Waals surface area contributed by atoms with Crippen molar-refractivity contribution in [3.05, 3.63) is 41.3 Å². The number of pyridine rings is 1. The topological polar surface area (TPSA) is 70.4 Å². The Bertz CT molecular complexity index is 855. The minimum Gasteiger partial charge on any atom is -0.357 e. The molecule has 1 fully saturated rings. The molecule has 2 N–H and O–H groups in total. The molecule has 1 atom stereocenters. The van der Waals surface area contributed by atoms with Crippen LogP contribution in [0.3, 0.4) is 0 Å². The van der Waals surface area contributed by atoms with Gasteiger partial charge in [0.05, 0.1) is 5.69 Å². The van der Waals surface area contributed by atoms with Gasteiger partial charge in [-0.1, -0.05) is 0 Å².